The lowest BCUT2D eigenvalue weighted by Crippen LogP contribution is -2.69. The van der Waals surface area contributed by atoms with Gasteiger partial charge in [-0.15, -0.1) is 11.3 Å². The van der Waals surface area contributed by atoms with E-state index in [-0.39, 0.29) is 70.5 Å². The molecule has 0 radical (unpaired) electrons. The number of allylic oxidation sites excluding steroid dienone is 2. The van der Waals surface area contributed by atoms with Gasteiger partial charge in [-0.2, -0.15) is 26.3 Å². The largest absolute Gasteiger partial charge is 0.498 e. The summed E-state index contributed by atoms with van der Waals surface area (Å²) in [4.78, 5) is 45.6. The predicted octanol–water partition coefficient (Wildman–Crippen LogP) is 7.90. The van der Waals surface area contributed by atoms with E-state index in [9.17, 15) is 40.7 Å². The minimum Gasteiger partial charge on any atom is -0.498 e. The Labute approximate surface area is 312 Å². The first-order valence-corrected chi connectivity index (χ1v) is 18.7. The summed E-state index contributed by atoms with van der Waals surface area (Å²) in [5.74, 6) is -2.11. The fraction of sp³-hybridized carbons (Fsp3) is 0.568. The molecule has 4 heterocycles. The Morgan fingerprint density at radius 1 is 1.07 bits per heavy atom. The molecule has 0 aromatic carbocycles. The quantitative estimate of drug-likeness (QED) is 0.161. The van der Waals surface area contributed by atoms with Crippen LogP contribution >= 0.6 is 11.3 Å². The summed E-state index contributed by atoms with van der Waals surface area (Å²) in [6.07, 6.45) is -1.24. The van der Waals surface area contributed by atoms with E-state index in [4.69, 9.17) is 19.3 Å². The Balaban J connectivity index is 1.49. The number of halogens is 6. The van der Waals surface area contributed by atoms with Crippen molar-refractivity contribution in [1.29, 1.82) is 0 Å². The predicted molar refractivity (Wildman–Crippen MR) is 185 cm³/mol. The topological polar surface area (TPSA) is 119 Å². The van der Waals surface area contributed by atoms with Crippen molar-refractivity contribution in [2.75, 3.05) is 33.4 Å². The third-order valence-corrected chi connectivity index (χ3v) is 11.2. The van der Waals surface area contributed by atoms with Crippen molar-refractivity contribution in [2.24, 2.45) is 0 Å². The molecular formula is C37H43F6N3O7S. The number of pyridine rings is 1. The summed E-state index contributed by atoms with van der Waals surface area (Å²) in [5.41, 5.74) is -3.95. The molecule has 10 nitrogen and oxygen atoms in total. The molecule has 5 rings (SSSR count). The standard InChI is InChI=1S/C37H43F6N3O7S/c1-3-8-29-35(53-24-21-30(54-23-24)37(41,42)43,13-7-17-46(29)32(49)25-22-44-16-12-26(25)36(38,39)40)33(50)45-18-14-34(51-2,15-19-45)27-9-4-5-10-28(27)52-20-6-11-31(47)48/h4,9,12,16,21-23,29H,3,5-8,10-11,13-15,17-20H2,1-2H3,(H,47,48)/t29-,35+/m1/s1. The molecule has 0 spiro atoms. The van der Waals surface area contributed by atoms with Gasteiger partial charge in [-0.25, -0.2) is 0 Å². The fourth-order valence-corrected chi connectivity index (χ4v) is 8.32. The average Bonchev–Trinajstić information content (AvgIpc) is 3.63. The summed E-state index contributed by atoms with van der Waals surface area (Å²) in [7, 11) is 1.55. The van der Waals surface area contributed by atoms with E-state index < -0.39 is 63.4 Å². The molecule has 2 aromatic rings. The van der Waals surface area contributed by atoms with Crippen LogP contribution in [0.1, 0.15) is 91.9 Å². The van der Waals surface area contributed by atoms with Crippen molar-refractivity contribution in [2.45, 2.75) is 101 Å². The third kappa shape index (κ3) is 8.72. The Morgan fingerprint density at radius 2 is 1.81 bits per heavy atom. The molecule has 2 saturated heterocycles. The number of aromatic nitrogens is 1. The van der Waals surface area contributed by atoms with E-state index in [1.165, 1.54) is 9.80 Å². The first-order chi connectivity index (χ1) is 25.6. The normalized spacial score (nSPS) is 22.0. The summed E-state index contributed by atoms with van der Waals surface area (Å²) < 4.78 is 102. The fourth-order valence-electron chi connectivity index (χ4n) is 7.64. The second-order valence-corrected chi connectivity index (χ2v) is 14.5. The van der Waals surface area contributed by atoms with Crippen LogP contribution in [0.2, 0.25) is 0 Å². The number of thiophene rings is 1. The highest BCUT2D eigenvalue weighted by atomic mass is 32.1. The van der Waals surface area contributed by atoms with E-state index in [0.717, 1.165) is 29.4 Å². The van der Waals surface area contributed by atoms with Crippen LogP contribution in [0.4, 0.5) is 26.3 Å². The number of nitrogens with zero attached hydrogens (tertiary/aromatic N) is 3. The summed E-state index contributed by atoms with van der Waals surface area (Å²) >= 11 is 0.384. The number of amides is 2. The van der Waals surface area contributed by atoms with Crippen molar-refractivity contribution < 1.29 is 60.0 Å². The molecule has 1 aliphatic carbocycles. The maximum Gasteiger partial charge on any atom is 0.425 e. The smallest absolute Gasteiger partial charge is 0.425 e. The molecule has 2 aromatic heterocycles. The minimum atomic E-state index is -4.88. The Morgan fingerprint density at radius 3 is 2.44 bits per heavy atom. The summed E-state index contributed by atoms with van der Waals surface area (Å²) in [6, 6.07) is 0.346. The second-order valence-electron chi connectivity index (χ2n) is 13.6. The van der Waals surface area contributed by atoms with Crippen LogP contribution in [0.3, 0.4) is 0 Å². The van der Waals surface area contributed by atoms with E-state index in [0.29, 0.717) is 48.8 Å². The minimum absolute atomic E-state index is 0.00914. The Bertz CT molecular complexity index is 1730. The molecule has 296 valence electrons. The number of likely N-dealkylation sites (tertiary alicyclic amines) is 2. The first kappa shape index (κ1) is 41.1. The molecule has 0 saturated carbocycles. The van der Waals surface area contributed by atoms with Crippen LogP contribution < -0.4 is 4.74 Å². The van der Waals surface area contributed by atoms with Crippen LogP contribution in [0.15, 0.2) is 53.4 Å². The van der Waals surface area contributed by atoms with E-state index in [1.807, 2.05) is 12.2 Å². The molecule has 2 atom stereocenters. The number of carboxylic acid groups (broad SMARTS) is 1. The second kappa shape index (κ2) is 16.7. The zero-order valence-corrected chi connectivity index (χ0v) is 30.7. The Hall–Kier alpha value is -4.12. The van der Waals surface area contributed by atoms with E-state index >= 15 is 0 Å². The van der Waals surface area contributed by atoms with Gasteiger partial charge in [0.25, 0.3) is 11.8 Å². The maximum absolute atomic E-state index is 15.0. The van der Waals surface area contributed by atoms with Crippen LogP contribution in [0, 0.1) is 0 Å². The first-order valence-electron chi connectivity index (χ1n) is 17.8. The van der Waals surface area contributed by atoms with E-state index in [2.05, 4.69) is 4.98 Å². The molecule has 1 N–H and O–H groups in total. The van der Waals surface area contributed by atoms with Crippen molar-refractivity contribution in [3.63, 3.8) is 0 Å². The van der Waals surface area contributed by atoms with Gasteiger partial charge in [0, 0.05) is 75.4 Å². The number of carboxylic acids is 1. The van der Waals surface area contributed by atoms with Crippen molar-refractivity contribution in [3.05, 3.63) is 69.4 Å². The molecule has 0 bridgehead atoms. The van der Waals surface area contributed by atoms with Gasteiger partial charge in [-0.1, -0.05) is 25.5 Å². The molecular weight excluding hydrogens is 744 g/mol. The van der Waals surface area contributed by atoms with Gasteiger partial charge in [-0.05, 0) is 44.6 Å². The number of carbonyl (C=O) groups excluding carboxylic acids is 2. The highest BCUT2D eigenvalue weighted by Gasteiger charge is 2.57. The lowest BCUT2D eigenvalue weighted by Gasteiger charge is -2.51. The monoisotopic (exact) mass is 787 g/mol. The van der Waals surface area contributed by atoms with Crippen LogP contribution in [0.5, 0.6) is 5.75 Å². The zero-order valence-electron chi connectivity index (χ0n) is 29.9. The van der Waals surface area contributed by atoms with Crippen molar-refractivity contribution in [1.82, 2.24) is 14.8 Å². The molecule has 3 aliphatic rings. The van der Waals surface area contributed by atoms with Gasteiger partial charge in [0.05, 0.1) is 29.4 Å². The van der Waals surface area contributed by atoms with Crippen molar-refractivity contribution in [3.8, 4) is 5.75 Å². The maximum atomic E-state index is 15.0. The SMILES string of the molecule is CCC[C@H]1N(C(=O)c2cnccc2C(F)(F)F)CCC[C@@]1(Oc1csc(C(F)(F)F)c1)C(=O)N1CCC(OC)(C2=C(OCCCC(=O)O)CCC=C2)CC1. The number of carbonyl (C=O) groups is 3. The third-order valence-electron chi connectivity index (χ3n) is 10.2. The van der Waals surface area contributed by atoms with Crippen LogP contribution in [-0.2, 0) is 31.4 Å². The van der Waals surface area contributed by atoms with Gasteiger partial charge in [0.2, 0.25) is 5.60 Å². The van der Waals surface area contributed by atoms with Gasteiger partial charge in [0.15, 0.2) is 0 Å². The number of piperidine rings is 2. The number of hydrogen-bond donors (Lipinski definition) is 1. The number of hydrogen-bond acceptors (Lipinski definition) is 8. The lowest BCUT2D eigenvalue weighted by molar-refractivity contribution is -0.163. The molecule has 2 amide bonds. The molecule has 54 heavy (non-hydrogen) atoms. The lowest BCUT2D eigenvalue weighted by atomic mass is 9.77. The van der Waals surface area contributed by atoms with Crippen LogP contribution in [0.25, 0.3) is 0 Å². The highest BCUT2D eigenvalue weighted by Crippen LogP contribution is 2.44. The number of ether oxygens (including phenoxy) is 3. The number of alkyl halides is 6. The molecule has 17 heteroatoms. The summed E-state index contributed by atoms with van der Waals surface area (Å²) in [5, 5.41) is 10.2. The van der Waals surface area contributed by atoms with Crippen LogP contribution in [-0.4, -0.2) is 88.3 Å². The van der Waals surface area contributed by atoms with Gasteiger partial charge in [-0.3, -0.25) is 19.4 Å². The molecule has 2 aliphatic heterocycles. The average molecular weight is 788 g/mol. The number of rotatable bonds is 13. The van der Waals surface area contributed by atoms with E-state index in [1.54, 1.807) is 14.0 Å². The molecule has 0 unspecified atom stereocenters. The van der Waals surface area contributed by atoms with Gasteiger partial charge in [0.1, 0.15) is 16.4 Å². The highest BCUT2D eigenvalue weighted by molar-refractivity contribution is 7.10. The van der Waals surface area contributed by atoms with Gasteiger partial charge < -0.3 is 29.1 Å². The number of methoxy groups -OCH3 is 1. The summed E-state index contributed by atoms with van der Waals surface area (Å²) in [6.45, 7) is 2.18. The zero-order chi connectivity index (χ0) is 39.3. The van der Waals surface area contributed by atoms with Crippen molar-refractivity contribution >= 4 is 29.1 Å². The Kier molecular flexibility index (Phi) is 12.7. The van der Waals surface area contributed by atoms with Gasteiger partial charge >= 0.3 is 18.3 Å². The number of aliphatic carboxylic acids is 1. The molecule has 2 fully saturated rings.